The van der Waals surface area contributed by atoms with Crippen molar-refractivity contribution >= 4 is 107 Å². The number of benzene rings is 1. The zero-order chi connectivity index (χ0) is 102. The fourth-order valence-electron chi connectivity index (χ4n) is 17.4. The average molecular weight is 2060 g/mol. The van der Waals surface area contributed by atoms with Crippen LogP contribution in [0.1, 0.15) is 212 Å². The van der Waals surface area contributed by atoms with E-state index in [1.807, 2.05) is 58.1 Å². The second kappa shape index (κ2) is 59.7. The highest BCUT2D eigenvalue weighted by Crippen LogP contribution is 2.48. The molecule has 2 amide bonds. The van der Waals surface area contributed by atoms with Gasteiger partial charge in [0.05, 0.1) is 62.7 Å². The minimum Gasteiger partial charge on any atom is -0.493 e. The first-order valence-corrected chi connectivity index (χ1v) is 51.0. The van der Waals surface area contributed by atoms with Gasteiger partial charge >= 0.3 is 19.5 Å². The molecule has 2 bridgehead atoms. The number of alkyl halides is 2. The van der Waals surface area contributed by atoms with E-state index in [1.54, 1.807) is 57.4 Å². The summed E-state index contributed by atoms with van der Waals surface area (Å²) >= 11 is 12.4. The van der Waals surface area contributed by atoms with Gasteiger partial charge < -0.3 is 115 Å². The van der Waals surface area contributed by atoms with Crippen molar-refractivity contribution in [2.24, 2.45) is 54.0 Å². The Kier molecular flexibility index (Phi) is 51.6. The number of Topliss-reactive ketones (excluding diaryl/α,β-unsaturated/α-hetero) is 3. The number of hydrogen-bond acceptors (Lipinski definition) is 32. The quantitative estimate of drug-likeness (QED) is 0.00243. The molecule has 9 heterocycles. The number of nitrogens with zero attached hydrogens (tertiary/aromatic N) is 10. The van der Waals surface area contributed by atoms with Gasteiger partial charge in [0.25, 0.3) is 17.6 Å². The molecule has 5 fully saturated rings. The van der Waals surface area contributed by atoms with Crippen LogP contribution in [0.5, 0.6) is 5.88 Å². The highest BCUT2D eigenvalue weighted by molar-refractivity contribution is 7.99. The number of amides is 2. The van der Waals surface area contributed by atoms with Gasteiger partial charge in [-0.05, 0) is 172 Å². The van der Waals surface area contributed by atoms with Crippen LogP contribution in [0.3, 0.4) is 0 Å². The number of aliphatic hydroxyl groups excluding tert-OH is 7. The molecule has 39 nitrogen and oxygen atoms in total. The molecule has 2 unspecified atom stereocenters. The molecule has 4 saturated heterocycles. The Morgan fingerprint density at radius 2 is 1.52 bits per heavy atom. The first kappa shape index (κ1) is 120. The molecule has 44 heteroatoms. The Morgan fingerprint density at radius 3 is 2.13 bits per heavy atom. The van der Waals surface area contributed by atoms with Gasteiger partial charge in [-0.1, -0.05) is 134 Å². The number of methoxy groups -OCH3 is 3. The van der Waals surface area contributed by atoms with Crippen molar-refractivity contribution in [2.75, 3.05) is 85.7 Å². The van der Waals surface area contributed by atoms with Crippen LogP contribution in [-0.2, 0) is 81.4 Å². The summed E-state index contributed by atoms with van der Waals surface area (Å²) in [7, 11) is 3.37. The summed E-state index contributed by atoms with van der Waals surface area (Å²) < 4.78 is 56.2. The van der Waals surface area contributed by atoms with E-state index in [0.717, 1.165) is 60.5 Å². The predicted octanol–water partition coefficient (Wildman–Crippen LogP) is 10.1. The maximum Gasteiger partial charge on any atom is 0.396 e. The molecule has 1 aromatic carbocycles. The Bertz CT molecular complexity index is 4820. The van der Waals surface area contributed by atoms with Crippen molar-refractivity contribution in [3.05, 3.63) is 124 Å². The highest BCUT2D eigenvalue weighted by Gasteiger charge is 2.54. The van der Waals surface area contributed by atoms with Crippen molar-refractivity contribution in [3.63, 3.8) is 0 Å². The number of carbonyl (C=O) groups excluding carboxylic acids is 6. The number of aromatic nitrogens is 8. The lowest BCUT2D eigenvalue weighted by molar-refractivity contribution is -0.392. The third-order valence-corrected chi connectivity index (χ3v) is 29.8. The first-order valence-electron chi connectivity index (χ1n) is 47.5. The molecule has 139 heavy (non-hydrogen) atoms. The number of unbranched alkanes of at least 4 members (excludes halogenated alkanes) is 5. The minimum absolute atomic E-state index is 0. The zero-order valence-corrected chi connectivity index (χ0v) is 85.8. The summed E-state index contributed by atoms with van der Waals surface area (Å²) in [6.45, 7) is 16.4. The molecule has 15 N–H and O–H groups in total. The largest absolute Gasteiger partial charge is 0.493 e. The number of aliphatic hydroxyl groups is 8. The Labute approximate surface area is 834 Å². The summed E-state index contributed by atoms with van der Waals surface area (Å²) in [6, 6.07) is 7.53. The number of nitrogens with one attached hydrogen (secondary N) is 2. The third kappa shape index (κ3) is 34.9. The van der Waals surface area contributed by atoms with Crippen LogP contribution in [0.25, 0.3) is 11.2 Å². The number of hydrogen-bond donors (Lipinski definition) is 13. The van der Waals surface area contributed by atoms with E-state index in [1.165, 1.54) is 80.6 Å². The minimum atomic E-state index is -2.84. The van der Waals surface area contributed by atoms with Crippen molar-refractivity contribution < 1.29 is 117 Å². The van der Waals surface area contributed by atoms with Gasteiger partial charge in [0.15, 0.2) is 28.4 Å². The fraction of sp³-hybridized carbons (Fsp3) is 0.674. The number of H-pyrrole nitrogens is 1. The number of rotatable bonds is 29. The highest BCUT2D eigenvalue weighted by atomic mass is 35.5. The number of allylic oxidation sites excluding steroid dienone is 6. The number of fused-ring (bicyclic) bond motifs is 4. The smallest absolute Gasteiger partial charge is 0.396 e. The maximum atomic E-state index is 14.4. The van der Waals surface area contributed by atoms with E-state index in [-0.39, 0.29) is 91.9 Å². The molecule has 1 aliphatic carbocycles. The number of nitro groups is 1. The standard InChI is InChI=1S/C51H79NO13.C19H33NO2.C9H7N7O2S.C9H13N3O6.C7H15Cl2N2O2P.ClH/c1-30-16-12-11-13-17-31(2)42(61-8)28-38-21-19-36(7)51(60,65-38)48(57)49(58)52-23-15-14-18-39(52)50(59)64-43(33(4)26-37-20-22-40(53)44(27-37)62-9)29-41(54)32(3)25-35(6)46(56)47(63-10)45(55)34(5)24-30;1-2-3-4-5-6-7-8-17-9-11-18(12-10-17)13-14-19(20,15-21)16-22;1-15-4-14-7(16(17)18)9(15)19-8-5-6(11-2-10-5)12-3-13-8;10-7(16)4-8(17)12(2-11-4)9-6(15)5(14)3(1-13)18-9;8-2-5-11(6-3-9)14(12)10-4-1-7-13-14;/h11-13,16-17,25,30,32-34,36-40,42-44,46-47,53,56,60H,14-15,18-24,26-29H2,1-10H3;9-12,21-22H,2-8,13-16,20H2,1H3;2-4H,1H3,(H,10,11,12,13);2-3,5-6,9,13-15,17H,1H2,(H2,10,16);1-7H2,(H,10,12);1H/b13-11+,16-12+,31-17+,35-25+;;;;;/t30-,32-,33-,34-,36-,37+,38+,39+,40-,42+,43-,44-,46-,47+,51-;;;3-,5?,6+,9-;;/m1..1../s1. The maximum absolute atomic E-state index is 14.4. The summed E-state index contributed by atoms with van der Waals surface area (Å²) in [5, 5.41) is 105. The molecule has 20 atom stereocenters. The number of aryl methyl sites for hydroxylation is 3. The summed E-state index contributed by atoms with van der Waals surface area (Å²) in [5.41, 5.74) is 14.7. The van der Waals surface area contributed by atoms with Crippen LogP contribution < -0.4 is 16.6 Å². The van der Waals surface area contributed by atoms with E-state index in [4.69, 9.17) is 72.7 Å². The van der Waals surface area contributed by atoms with Gasteiger partial charge in [0, 0.05) is 96.9 Å². The van der Waals surface area contributed by atoms with Crippen LogP contribution >= 0.6 is 55.0 Å². The van der Waals surface area contributed by atoms with Crippen molar-refractivity contribution in [3.8, 4) is 5.88 Å². The third-order valence-electron chi connectivity index (χ3n) is 26.0. The lowest BCUT2D eigenvalue weighted by Gasteiger charge is -2.42. The van der Waals surface area contributed by atoms with E-state index in [0.29, 0.717) is 122 Å². The average Bonchev–Trinajstić information content (AvgIpc) is 1.74. The van der Waals surface area contributed by atoms with Gasteiger partial charge in [-0.25, -0.2) is 34.5 Å². The molecule has 4 aromatic heterocycles. The monoisotopic (exact) mass is 2050 g/mol. The lowest BCUT2D eigenvalue weighted by atomic mass is 9.78. The first-order chi connectivity index (χ1) is 65.7. The number of imidazole rings is 3. The number of ketones is 3. The van der Waals surface area contributed by atoms with Crippen LogP contribution in [0.15, 0.2) is 107 Å². The van der Waals surface area contributed by atoms with Crippen LogP contribution in [0.2, 0.25) is 0 Å². The molecular weight excluding hydrogens is 1910 g/mol. The summed E-state index contributed by atoms with van der Waals surface area (Å²) in [5.74, 6) is -8.81. The number of primary amides is 1. The number of ether oxygens (including phenoxy) is 6. The van der Waals surface area contributed by atoms with Crippen molar-refractivity contribution in [2.45, 2.75) is 291 Å². The van der Waals surface area contributed by atoms with Gasteiger partial charge in [-0.2, -0.15) is 0 Å². The van der Waals surface area contributed by atoms with Crippen molar-refractivity contribution in [1.82, 2.24) is 53.7 Å². The van der Waals surface area contributed by atoms with Gasteiger partial charge in [-0.3, -0.25) is 33.1 Å². The normalized spacial score (nSPS) is 29.2. The van der Waals surface area contributed by atoms with Gasteiger partial charge in [-0.15, -0.1) is 35.6 Å². The second-order valence-electron chi connectivity index (χ2n) is 36.6. The molecule has 0 spiro atoms. The molecule has 0 radical (unpaired) electrons. The number of halogens is 3. The molecule has 780 valence electrons. The lowest BCUT2D eigenvalue weighted by Crippen LogP contribution is -2.61. The van der Waals surface area contributed by atoms with E-state index in [9.17, 15) is 84.3 Å². The number of esters is 1. The van der Waals surface area contributed by atoms with Crippen molar-refractivity contribution in [1.29, 1.82) is 0 Å². The molecule has 1 saturated carbocycles. The second-order valence-corrected chi connectivity index (χ2v) is 40.5. The topological polar surface area (TPSA) is 570 Å². The Balaban J connectivity index is 0.000000319. The van der Waals surface area contributed by atoms with E-state index >= 15 is 0 Å². The molecule has 11 rings (SSSR count). The summed E-state index contributed by atoms with van der Waals surface area (Å²) in [6.07, 6.45) is 23.1. The number of aromatic amines is 1. The van der Waals surface area contributed by atoms with Crippen LogP contribution in [0, 0.1) is 45.6 Å². The van der Waals surface area contributed by atoms with Crippen LogP contribution in [0.4, 0.5) is 5.82 Å². The van der Waals surface area contributed by atoms with E-state index < -0.39 is 145 Å². The number of carbonyl (C=O) groups is 6. The van der Waals surface area contributed by atoms with Gasteiger partial charge in [0.1, 0.15) is 71.6 Å². The number of aromatic hydroxyl groups is 1. The Morgan fingerprint density at radius 1 is 0.835 bits per heavy atom. The molecule has 6 aliphatic rings. The molecular formula is C95H148Cl3N14O25PS. The fourth-order valence-corrected chi connectivity index (χ4v) is 21.0. The van der Waals surface area contributed by atoms with Crippen LogP contribution in [-0.4, -0.2) is 299 Å². The van der Waals surface area contributed by atoms with Gasteiger partial charge in [0.2, 0.25) is 18.0 Å². The molecule has 5 aromatic rings. The predicted molar refractivity (Wildman–Crippen MR) is 526 cm³/mol. The zero-order valence-electron chi connectivity index (χ0n) is 81.8. The SMILES string of the molecule is CCCCCCCCc1ccc(CCC(N)(CO)CO)cc1.CO[C@H]1C[C@@H]2CC[C@@H](C)[C@@](O)(O2)C(=O)C(=O)N2CCCC[C@H]2C(=O)O[C@@H]([C@H](C)C[C@@H]2CC[C@@H](O)[C@H](OC)C2)CC(=O)[C@H](C)/C=C(\C)[C@@H](O)[C@@H](OC)C(=O)[C@H](C)C[C@H](C)/C=C/C=C/C=C/1C.Cl.Cn1cnc([N+](=O)[O-])c1Sc1ncnc2nc[nH]c12.NC(=O)c1ncn([C@@H]2O[C@H](CO)C(O)[C@@H]2O)c1O.O=P1(N(CCCl)CCCl)NCCCO1. The van der Waals surface area contributed by atoms with E-state index in [2.05, 4.69) is 66.2 Å². The number of nitrogens with two attached hydrogens (primary N) is 2. The molecule has 5 aliphatic heterocycles. The number of cyclic esters (lactones) is 1. The summed E-state index contributed by atoms with van der Waals surface area (Å²) in [4.78, 5) is 115. The number of piperidine rings is 1. The Hall–Kier alpha value is -7.46.